The van der Waals surface area contributed by atoms with Gasteiger partial charge in [-0.1, -0.05) is 44.2 Å². The van der Waals surface area contributed by atoms with E-state index in [9.17, 15) is 0 Å². The summed E-state index contributed by atoms with van der Waals surface area (Å²) in [6.45, 7) is 12.7. The van der Waals surface area contributed by atoms with Crippen LogP contribution in [0.25, 0.3) is 0 Å². The van der Waals surface area contributed by atoms with Gasteiger partial charge in [0, 0.05) is 26.7 Å². The lowest BCUT2D eigenvalue weighted by atomic mass is 10.1. The molecule has 0 bridgehead atoms. The fraction of sp³-hybridized carbons (Fsp3) is 0.471. The van der Waals surface area contributed by atoms with Gasteiger partial charge in [-0.3, -0.25) is 9.89 Å². The van der Waals surface area contributed by atoms with Crippen LogP contribution in [0, 0.1) is 0 Å². The van der Waals surface area contributed by atoms with Crippen molar-refractivity contribution in [3.63, 3.8) is 0 Å². The van der Waals surface area contributed by atoms with Crippen molar-refractivity contribution in [2.75, 3.05) is 26.7 Å². The molecule has 0 aliphatic carbocycles. The first-order valence-electron chi connectivity index (χ1n) is 7.59. The number of rotatable bonds is 8. The zero-order valence-corrected chi connectivity index (χ0v) is 13.5. The third kappa shape index (κ3) is 6.45. The van der Waals surface area contributed by atoms with Gasteiger partial charge in [0.1, 0.15) is 0 Å². The minimum atomic E-state index is 0.710. The van der Waals surface area contributed by atoms with Gasteiger partial charge in [0.15, 0.2) is 5.96 Å². The van der Waals surface area contributed by atoms with Gasteiger partial charge in [0.25, 0.3) is 0 Å². The molecule has 0 aromatic heterocycles. The molecule has 1 rings (SSSR count). The number of hydrogen-bond donors (Lipinski definition) is 2. The van der Waals surface area contributed by atoms with E-state index < -0.39 is 0 Å². The number of nitrogens with zero attached hydrogens (tertiary/aromatic N) is 2. The average molecular weight is 288 g/mol. The van der Waals surface area contributed by atoms with E-state index in [0.717, 1.165) is 32.1 Å². The maximum Gasteiger partial charge on any atom is 0.191 e. The van der Waals surface area contributed by atoms with Gasteiger partial charge in [-0.05, 0) is 24.2 Å². The van der Waals surface area contributed by atoms with Gasteiger partial charge in [0.05, 0.1) is 0 Å². The number of hydrogen-bond acceptors (Lipinski definition) is 2. The molecule has 0 saturated heterocycles. The summed E-state index contributed by atoms with van der Waals surface area (Å²) in [4.78, 5) is 6.59. The fourth-order valence-corrected chi connectivity index (χ4v) is 2.12. The summed E-state index contributed by atoms with van der Waals surface area (Å²) in [5.74, 6) is 0.795. The van der Waals surface area contributed by atoms with E-state index in [4.69, 9.17) is 0 Å². The van der Waals surface area contributed by atoms with Crippen LogP contribution in [0.4, 0.5) is 0 Å². The topological polar surface area (TPSA) is 39.7 Å². The van der Waals surface area contributed by atoms with Gasteiger partial charge in [-0.2, -0.15) is 0 Å². The molecular weight excluding hydrogens is 260 g/mol. The first-order valence-corrected chi connectivity index (χ1v) is 7.59. The van der Waals surface area contributed by atoms with Crippen LogP contribution >= 0.6 is 0 Å². The molecule has 1 aromatic carbocycles. The molecule has 116 valence electrons. The van der Waals surface area contributed by atoms with Crippen molar-refractivity contribution in [2.24, 2.45) is 4.99 Å². The Bertz CT molecular complexity index is 450. The third-order valence-electron chi connectivity index (χ3n) is 3.39. The molecule has 0 unspecified atom stereocenters. The Hall–Kier alpha value is -1.81. The predicted octanol–water partition coefficient (Wildman–Crippen LogP) is 2.38. The van der Waals surface area contributed by atoms with Crippen molar-refractivity contribution in [3.05, 3.63) is 48.0 Å². The van der Waals surface area contributed by atoms with Crippen LogP contribution in [0.3, 0.4) is 0 Å². The number of aliphatic imine (C=N–C) groups is 1. The molecule has 21 heavy (non-hydrogen) atoms. The van der Waals surface area contributed by atoms with Crippen LogP contribution in [0.1, 0.15) is 25.0 Å². The molecule has 0 amide bonds. The number of nitrogens with one attached hydrogen (secondary N) is 2. The van der Waals surface area contributed by atoms with E-state index in [2.05, 4.69) is 65.2 Å². The summed E-state index contributed by atoms with van der Waals surface area (Å²) in [7, 11) is 1.77. The van der Waals surface area contributed by atoms with E-state index >= 15 is 0 Å². The molecule has 1 aromatic rings. The fourth-order valence-electron chi connectivity index (χ4n) is 2.12. The molecule has 0 aliphatic rings. The van der Waals surface area contributed by atoms with Crippen LogP contribution in [-0.4, -0.2) is 37.5 Å². The zero-order valence-electron chi connectivity index (χ0n) is 13.5. The van der Waals surface area contributed by atoms with Gasteiger partial charge in [-0.15, -0.1) is 6.58 Å². The van der Waals surface area contributed by atoms with Gasteiger partial charge >= 0.3 is 0 Å². The Morgan fingerprint density at radius 3 is 2.57 bits per heavy atom. The quantitative estimate of drug-likeness (QED) is 0.438. The summed E-state index contributed by atoms with van der Waals surface area (Å²) in [6.07, 6.45) is 1.82. The maximum atomic E-state index is 4.18. The molecule has 0 spiro atoms. The normalized spacial score (nSPS) is 11.5. The molecule has 0 heterocycles. The highest BCUT2D eigenvalue weighted by molar-refractivity contribution is 5.79. The predicted molar refractivity (Wildman–Crippen MR) is 91.5 cm³/mol. The van der Waals surface area contributed by atoms with Crippen LogP contribution < -0.4 is 10.6 Å². The molecule has 0 saturated carbocycles. The lowest BCUT2D eigenvalue weighted by Gasteiger charge is -2.18. The molecule has 4 heteroatoms. The van der Waals surface area contributed by atoms with Gasteiger partial charge in [-0.25, -0.2) is 0 Å². The average Bonchev–Trinajstić information content (AvgIpc) is 2.53. The lowest BCUT2D eigenvalue weighted by molar-refractivity contribution is 0.296. The number of benzene rings is 1. The Morgan fingerprint density at radius 1 is 1.24 bits per heavy atom. The smallest absolute Gasteiger partial charge is 0.191 e. The van der Waals surface area contributed by atoms with Crippen molar-refractivity contribution in [3.8, 4) is 0 Å². The first-order chi connectivity index (χ1) is 10.2. The molecule has 0 atom stereocenters. The van der Waals surface area contributed by atoms with Gasteiger partial charge < -0.3 is 10.6 Å². The monoisotopic (exact) mass is 288 g/mol. The van der Waals surface area contributed by atoms with Crippen molar-refractivity contribution in [1.82, 2.24) is 15.5 Å². The maximum absolute atomic E-state index is 4.18. The third-order valence-corrected chi connectivity index (χ3v) is 3.39. The van der Waals surface area contributed by atoms with Crippen LogP contribution in [0.5, 0.6) is 0 Å². The highest BCUT2D eigenvalue weighted by Crippen LogP contribution is 2.08. The standard InChI is InChI=1S/C17H28N4/c1-5-11-19-17(18-4)20-13-15-9-8-10-16(12-15)14-21(6-2)7-3/h5,8-10,12H,1,6-7,11,13-14H2,2-4H3,(H2,18,19,20). The summed E-state index contributed by atoms with van der Waals surface area (Å²) in [6, 6.07) is 8.70. The highest BCUT2D eigenvalue weighted by Gasteiger charge is 2.02. The minimum Gasteiger partial charge on any atom is -0.353 e. The Balaban J connectivity index is 2.57. The van der Waals surface area contributed by atoms with Gasteiger partial charge in [0.2, 0.25) is 0 Å². The second-order valence-corrected chi connectivity index (χ2v) is 4.88. The van der Waals surface area contributed by atoms with Crippen molar-refractivity contribution >= 4 is 5.96 Å². The second kappa shape index (κ2) is 10.00. The van der Waals surface area contributed by atoms with Crippen molar-refractivity contribution in [1.29, 1.82) is 0 Å². The summed E-state index contributed by atoms with van der Waals surface area (Å²) >= 11 is 0. The summed E-state index contributed by atoms with van der Waals surface area (Å²) < 4.78 is 0. The molecule has 4 nitrogen and oxygen atoms in total. The Labute approximate surface area is 129 Å². The lowest BCUT2D eigenvalue weighted by Crippen LogP contribution is -2.36. The van der Waals surface area contributed by atoms with E-state index in [1.165, 1.54) is 11.1 Å². The van der Waals surface area contributed by atoms with Crippen LogP contribution in [-0.2, 0) is 13.1 Å². The van der Waals surface area contributed by atoms with E-state index in [0.29, 0.717) is 6.54 Å². The Kier molecular flexibility index (Phi) is 8.21. The van der Waals surface area contributed by atoms with Crippen LogP contribution in [0.15, 0.2) is 41.9 Å². The summed E-state index contributed by atoms with van der Waals surface area (Å²) in [5.41, 5.74) is 2.62. The first kappa shape index (κ1) is 17.2. The molecule has 2 N–H and O–H groups in total. The van der Waals surface area contributed by atoms with Crippen LogP contribution in [0.2, 0.25) is 0 Å². The summed E-state index contributed by atoms with van der Waals surface area (Å²) in [5, 5.41) is 6.47. The highest BCUT2D eigenvalue weighted by atomic mass is 15.2. The largest absolute Gasteiger partial charge is 0.353 e. The van der Waals surface area contributed by atoms with Crippen molar-refractivity contribution in [2.45, 2.75) is 26.9 Å². The van der Waals surface area contributed by atoms with E-state index in [1.807, 2.05) is 6.08 Å². The zero-order chi connectivity index (χ0) is 15.5. The molecular formula is C17H28N4. The van der Waals surface area contributed by atoms with Crippen molar-refractivity contribution < 1.29 is 0 Å². The second-order valence-electron chi connectivity index (χ2n) is 4.88. The van der Waals surface area contributed by atoms with E-state index in [1.54, 1.807) is 7.05 Å². The molecule has 0 fully saturated rings. The minimum absolute atomic E-state index is 0.710. The number of guanidine groups is 1. The SMILES string of the molecule is C=CCNC(=NC)NCc1cccc(CN(CC)CC)c1. The molecule has 0 aliphatic heterocycles. The Morgan fingerprint density at radius 2 is 1.95 bits per heavy atom. The van der Waals surface area contributed by atoms with E-state index in [-0.39, 0.29) is 0 Å². The molecule has 0 radical (unpaired) electrons.